The minimum Gasteiger partial charge on any atom is -0.314 e. The Morgan fingerprint density at radius 2 is 2.19 bits per heavy atom. The van der Waals surface area contributed by atoms with Gasteiger partial charge in [0.15, 0.2) is 0 Å². The standard InChI is InChI=1S/C13H17BrFN/c1-2-16-13(10-3-4-10)7-9-5-11(14)8-12(15)6-9/h5-6,8,10,13,16H,2-4,7H2,1H3. The van der Waals surface area contributed by atoms with E-state index in [-0.39, 0.29) is 5.82 Å². The Morgan fingerprint density at radius 1 is 1.44 bits per heavy atom. The van der Waals surface area contributed by atoms with E-state index in [1.807, 2.05) is 6.07 Å². The number of hydrogen-bond acceptors (Lipinski definition) is 1. The predicted molar refractivity (Wildman–Crippen MR) is 68.0 cm³/mol. The summed E-state index contributed by atoms with van der Waals surface area (Å²) in [6, 6.07) is 5.66. The zero-order valence-corrected chi connectivity index (χ0v) is 11.1. The normalized spacial score (nSPS) is 17.4. The van der Waals surface area contributed by atoms with Crippen molar-refractivity contribution in [3.63, 3.8) is 0 Å². The van der Waals surface area contributed by atoms with Gasteiger partial charge >= 0.3 is 0 Å². The lowest BCUT2D eigenvalue weighted by Crippen LogP contribution is -2.32. The van der Waals surface area contributed by atoms with Crippen LogP contribution >= 0.6 is 15.9 Å². The second-order valence-corrected chi connectivity index (χ2v) is 5.40. The van der Waals surface area contributed by atoms with Gasteiger partial charge in [-0.15, -0.1) is 0 Å². The fourth-order valence-electron chi connectivity index (χ4n) is 2.15. The monoisotopic (exact) mass is 285 g/mol. The molecule has 1 fully saturated rings. The summed E-state index contributed by atoms with van der Waals surface area (Å²) in [7, 11) is 0. The van der Waals surface area contributed by atoms with Gasteiger partial charge in [0, 0.05) is 10.5 Å². The molecule has 1 aliphatic rings. The minimum absolute atomic E-state index is 0.157. The number of halogens is 2. The molecule has 88 valence electrons. The average molecular weight is 286 g/mol. The Morgan fingerprint density at radius 3 is 2.75 bits per heavy atom. The molecule has 3 heteroatoms. The Bertz CT molecular complexity index is 343. The smallest absolute Gasteiger partial charge is 0.124 e. The minimum atomic E-state index is -0.157. The van der Waals surface area contributed by atoms with Crippen LogP contribution in [0, 0.1) is 11.7 Å². The lowest BCUT2D eigenvalue weighted by molar-refractivity contribution is 0.471. The van der Waals surface area contributed by atoms with Gasteiger partial charge in [0.2, 0.25) is 0 Å². The Kier molecular flexibility index (Phi) is 3.98. The predicted octanol–water partition coefficient (Wildman–Crippen LogP) is 3.52. The summed E-state index contributed by atoms with van der Waals surface area (Å²) in [6.07, 6.45) is 3.55. The Labute approximate surface area is 105 Å². The van der Waals surface area contributed by atoms with Gasteiger partial charge in [-0.2, -0.15) is 0 Å². The van der Waals surface area contributed by atoms with Crippen molar-refractivity contribution in [1.82, 2.24) is 5.32 Å². The molecule has 0 aromatic heterocycles. The lowest BCUT2D eigenvalue weighted by Gasteiger charge is -2.17. The van der Waals surface area contributed by atoms with Gasteiger partial charge in [-0.1, -0.05) is 22.9 Å². The van der Waals surface area contributed by atoms with Gasteiger partial charge in [0.25, 0.3) is 0 Å². The molecule has 1 nitrogen and oxygen atoms in total. The van der Waals surface area contributed by atoms with E-state index >= 15 is 0 Å². The third-order valence-electron chi connectivity index (χ3n) is 3.04. The molecule has 0 spiro atoms. The average Bonchev–Trinajstić information content (AvgIpc) is 2.98. The van der Waals surface area contributed by atoms with Crippen molar-refractivity contribution < 1.29 is 4.39 Å². The van der Waals surface area contributed by atoms with Crippen LogP contribution in [-0.4, -0.2) is 12.6 Å². The van der Waals surface area contributed by atoms with E-state index in [4.69, 9.17) is 0 Å². The number of benzene rings is 1. The van der Waals surface area contributed by atoms with Gasteiger partial charge in [0.1, 0.15) is 5.82 Å². The fraction of sp³-hybridized carbons (Fsp3) is 0.538. The van der Waals surface area contributed by atoms with Gasteiger partial charge in [0.05, 0.1) is 0 Å². The SMILES string of the molecule is CCNC(Cc1cc(F)cc(Br)c1)C1CC1. The van der Waals surface area contributed by atoms with Gasteiger partial charge in [-0.25, -0.2) is 4.39 Å². The Hall–Kier alpha value is -0.410. The van der Waals surface area contributed by atoms with Crippen molar-refractivity contribution in [2.24, 2.45) is 5.92 Å². The van der Waals surface area contributed by atoms with Crippen molar-refractivity contribution in [2.45, 2.75) is 32.2 Å². The highest BCUT2D eigenvalue weighted by Gasteiger charge is 2.30. The van der Waals surface area contributed by atoms with Gasteiger partial charge in [-0.05, 0) is 55.5 Å². The first kappa shape index (κ1) is 12.1. The first-order valence-electron chi connectivity index (χ1n) is 5.87. The van der Waals surface area contributed by atoms with Crippen LogP contribution in [0.25, 0.3) is 0 Å². The second kappa shape index (κ2) is 5.28. The van der Waals surface area contributed by atoms with Gasteiger partial charge in [-0.3, -0.25) is 0 Å². The number of hydrogen-bond donors (Lipinski definition) is 1. The van der Waals surface area contributed by atoms with E-state index in [2.05, 4.69) is 28.2 Å². The molecule has 1 aromatic rings. The molecule has 2 rings (SSSR count). The summed E-state index contributed by atoms with van der Waals surface area (Å²) in [4.78, 5) is 0. The maximum atomic E-state index is 13.2. The van der Waals surface area contributed by atoms with Crippen LogP contribution in [0.4, 0.5) is 4.39 Å². The maximum Gasteiger partial charge on any atom is 0.124 e. The quantitative estimate of drug-likeness (QED) is 0.873. The maximum absolute atomic E-state index is 13.2. The summed E-state index contributed by atoms with van der Waals surface area (Å²) in [6.45, 7) is 3.11. The molecule has 0 aliphatic heterocycles. The van der Waals surface area contributed by atoms with E-state index in [0.717, 1.165) is 28.9 Å². The molecule has 1 unspecified atom stereocenters. The summed E-state index contributed by atoms with van der Waals surface area (Å²) in [5.74, 6) is 0.636. The topological polar surface area (TPSA) is 12.0 Å². The number of rotatable bonds is 5. The summed E-state index contributed by atoms with van der Waals surface area (Å²) < 4.78 is 14.1. The largest absolute Gasteiger partial charge is 0.314 e. The molecular weight excluding hydrogens is 269 g/mol. The number of likely N-dealkylation sites (N-methyl/N-ethyl adjacent to an activating group) is 1. The molecule has 0 amide bonds. The number of nitrogens with one attached hydrogen (secondary N) is 1. The van der Waals surface area contributed by atoms with Crippen LogP contribution in [0.3, 0.4) is 0 Å². The molecular formula is C13H17BrFN. The first-order valence-corrected chi connectivity index (χ1v) is 6.66. The van der Waals surface area contributed by atoms with Crippen molar-refractivity contribution >= 4 is 15.9 Å². The second-order valence-electron chi connectivity index (χ2n) is 4.48. The molecule has 16 heavy (non-hydrogen) atoms. The summed E-state index contributed by atoms with van der Waals surface area (Å²) in [5.41, 5.74) is 1.07. The fourth-order valence-corrected chi connectivity index (χ4v) is 2.66. The highest BCUT2D eigenvalue weighted by Crippen LogP contribution is 2.34. The van der Waals surface area contributed by atoms with Crippen molar-refractivity contribution in [3.05, 3.63) is 34.1 Å². The van der Waals surface area contributed by atoms with Crippen LogP contribution in [0.15, 0.2) is 22.7 Å². The molecule has 1 saturated carbocycles. The molecule has 0 radical (unpaired) electrons. The Balaban J connectivity index is 2.05. The molecule has 0 saturated heterocycles. The van der Waals surface area contributed by atoms with Crippen LogP contribution in [0.1, 0.15) is 25.3 Å². The van der Waals surface area contributed by atoms with Crippen molar-refractivity contribution in [2.75, 3.05) is 6.54 Å². The molecule has 0 bridgehead atoms. The van der Waals surface area contributed by atoms with Gasteiger partial charge < -0.3 is 5.32 Å². The first-order chi connectivity index (χ1) is 7.69. The van der Waals surface area contributed by atoms with Crippen LogP contribution in [0.2, 0.25) is 0 Å². The molecule has 1 aromatic carbocycles. The van der Waals surface area contributed by atoms with E-state index in [1.165, 1.54) is 18.9 Å². The van der Waals surface area contributed by atoms with E-state index in [9.17, 15) is 4.39 Å². The lowest BCUT2D eigenvalue weighted by atomic mass is 10.0. The summed E-state index contributed by atoms with van der Waals surface area (Å²) >= 11 is 3.33. The van der Waals surface area contributed by atoms with Crippen LogP contribution in [0.5, 0.6) is 0 Å². The van der Waals surface area contributed by atoms with Crippen LogP contribution in [-0.2, 0) is 6.42 Å². The van der Waals surface area contributed by atoms with Crippen molar-refractivity contribution in [1.29, 1.82) is 0 Å². The van der Waals surface area contributed by atoms with E-state index < -0.39 is 0 Å². The van der Waals surface area contributed by atoms with E-state index in [1.54, 1.807) is 6.07 Å². The molecule has 1 N–H and O–H groups in total. The zero-order chi connectivity index (χ0) is 11.5. The highest BCUT2D eigenvalue weighted by atomic mass is 79.9. The van der Waals surface area contributed by atoms with E-state index in [0.29, 0.717) is 6.04 Å². The van der Waals surface area contributed by atoms with Crippen molar-refractivity contribution in [3.8, 4) is 0 Å². The zero-order valence-electron chi connectivity index (χ0n) is 9.47. The molecule has 0 heterocycles. The van der Waals surface area contributed by atoms with Crippen LogP contribution < -0.4 is 5.32 Å². The molecule has 1 atom stereocenters. The highest BCUT2D eigenvalue weighted by molar-refractivity contribution is 9.10. The molecule has 1 aliphatic carbocycles. The third-order valence-corrected chi connectivity index (χ3v) is 3.49. The summed E-state index contributed by atoms with van der Waals surface area (Å²) in [5, 5.41) is 3.49. The third kappa shape index (κ3) is 3.29.